The van der Waals surface area contributed by atoms with Crippen molar-refractivity contribution in [1.29, 1.82) is 0 Å². The SMILES string of the molecule is CCOC(=O)[C@@H](C)OC(C)=O. The lowest BCUT2D eigenvalue weighted by Gasteiger charge is -2.09. The number of hydrogen-bond acceptors (Lipinski definition) is 4. The molecule has 1 atom stereocenters. The maximum Gasteiger partial charge on any atom is 0.347 e. The molecule has 0 fully saturated rings. The Morgan fingerprint density at radius 2 is 2.00 bits per heavy atom. The van der Waals surface area contributed by atoms with Crippen molar-refractivity contribution in [3.05, 3.63) is 0 Å². The number of ether oxygens (including phenoxy) is 2. The number of esters is 2. The second-order valence-corrected chi connectivity index (χ2v) is 2.00. The van der Waals surface area contributed by atoms with Crippen LogP contribution in [0.15, 0.2) is 0 Å². The van der Waals surface area contributed by atoms with E-state index < -0.39 is 18.0 Å². The predicted octanol–water partition coefficient (Wildman–Crippen LogP) is 0.501. The van der Waals surface area contributed by atoms with Crippen molar-refractivity contribution in [2.24, 2.45) is 0 Å². The minimum absolute atomic E-state index is 0.296. The molecule has 0 rings (SSSR count). The van der Waals surface area contributed by atoms with Gasteiger partial charge in [-0.05, 0) is 13.8 Å². The van der Waals surface area contributed by atoms with Crippen molar-refractivity contribution in [3.8, 4) is 0 Å². The Hall–Kier alpha value is -1.06. The minimum atomic E-state index is -0.799. The van der Waals surface area contributed by atoms with E-state index in [0.717, 1.165) is 0 Å². The number of carbonyl (C=O) groups is 2. The Labute approximate surface area is 65.5 Å². The third-order valence-electron chi connectivity index (χ3n) is 0.961. The predicted molar refractivity (Wildman–Crippen MR) is 37.9 cm³/mol. The van der Waals surface area contributed by atoms with Crippen molar-refractivity contribution in [2.75, 3.05) is 6.61 Å². The van der Waals surface area contributed by atoms with E-state index in [9.17, 15) is 9.59 Å². The van der Waals surface area contributed by atoms with Gasteiger partial charge in [0.25, 0.3) is 0 Å². The van der Waals surface area contributed by atoms with Gasteiger partial charge >= 0.3 is 11.9 Å². The molecule has 0 N–H and O–H groups in total. The van der Waals surface area contributed by atoms with Crippen LogP contribution in [0.5, 0.6) is 0 Å². The molecule has 4 heteroatoms. The van der Waals surface area contributed by atoms with Crippen LogP contribution in [0, 0.1) is 0 Å². The standard InChI is InChI=1S/C7H12O4/c1-4-10-7(9)5(2)11-6(3)8/h5H,4H2,1-3H3/t5-/m1/s1. The smallest absolute Gasteiger partial charge is 0.347 e. The minimum Gasteiger partial charge on any atom is -0.463 e. The fourth-order valence-corrected chi connectivity index (χ4v) is 0.557. The monoisotopic (exact) mass is 160 g/mol. The van der Waals surface area contributed by atoms with Crippen molar-refractivity contribution in [2.45, 2.75) is 26.9 Å². The zero-order valence-electron chi connectivity index (χ0n) is 6.92. The highest BCUT2D eigenvalue weighted by molar-refractivity contribution is 5.78. The molecular formula is C7H12O4. The molecule has 0 aliphatic rings. The summed E-state index contributed by atoms with van der Waals surface area (Å²) < 4.78 is 9.14. The molecule has 0 aromatic carbocycles. The Balaban J connectivity index is 3.73. The van der Waals surface area contributed by atoms with Gasteiger partial charge in [0.2, 0.25) is 0 Å². The zero-order valence-corrected chi connectivity index (χ0v) is 6.92. The molecule has 0 unspecified atom stereocenters. The maximum absolute atomic E-state index is 10.8. The van der Waals surface area contributed by atoms with Gasteiger partial charge in [0, 0.05) is 6.92 Å². The molecule has 0 aliphatic heterocycles. The van der Waals surface area contributed by atoms with Crippen LogP contribution in [0.3, 0.4) is 0 Å². The third-order valence-corrected chi connectivity index (χ3v) is 0.961. The van der Waals surface area contributed by atoms with E-state index in [2.05, 4.69) is 9.47 Å². The molecule has 0 radical (unpaired) electrons. The average Bonchev–Trinajstić information content (AvgIpc) is 1.86. The van der Waals surface area contributed by atoms with Gasteiger partial charge in [-0.2, -0.15) is 0 Å². The summed E-state index contributed by atoms with van der Waals surface area (Å²) in [5, 5.41) is 0. The molecule has 0 amide bonds. The average molecular weight is 160 g/mol. The summed E-state index contributed by atoms with van der Waals surface area (Å²) in [6, 6.07) is 0. The van der Waals surface area contributed by atoms with Crippen molar-refractivity contribution < 1.29 is 19.1 Å². The molecule has 0 aromatic rings. The summed E-state index contributed by atoms with van der Waals surface area (Å²) in [5.74, 6) is -0.992. The van der Waals surface area contributed by atoms with E-state index >= 15 is 0 Å². The van der Waals surface area contributed by atoms with E-state index in [0.29, 0.717) is 6.61 Å². The van der Waals surface area contributed by atoms with Crippen LogP contribution >= 0.6 is 0 Å². The van der Waals surface area contributed by atoms with Gasteiger partial charge in [-0.1, -0.05) is 0 Å². The Morgan fingerprint density at radius 3 is 2.36 bits per heavy atom. The lowest BCUT2D eigenvalue weighted by atomic mass is 10.4. The lowest BCUT2D eigenvalue weighted by molar-refractivity contribution is -0.164. The van der Waals surface area contributed by atoms with E-state index in [-0.39, 0.29) is 0 Å². The Morgan fingerprint density at radius 1 is 1.45 bits per heavy atom. The highest BCUT2D eigenvalue weighted by Gasteiger charge is 2.15. The zero-order chi connectivity index (χ0) is 8.85. The van der Waals surface area contributed by atoms with Gasteiger partial charge in [-0.15, -0.1) is 0 Å². The summed E-state index contributed by atoms with van der Waals surface area (Å²) in [5.41, 5.74) is 0. The third kappa shape index (κ3) is 4.36. The second kappa shape index (κ2) is 4.71. The van der Waals surface area contributed by atoms with E-state index in [1.165, 1.54) is 13.8 Å². The summed E-state index contributed by atoms with van der Waals surface area (Å²) >= 11 is 0. The van der Waals surface area contributed by atoms with Crippen molar-refractivity contribution in [1.82, 2.24) is 0 Å². The van der Waals surface area contributed by atoms with Gasteiger partial charge in [0.05, 0.1) is 6.61 Å². The fourth-order valence-electron chi connectivity index (χ4n) is 0.557. The number of rotatable bonds is 3. The molecule has 0 bridgehead atoms. The molecule has 4 nitrogen and oxygen atoms in total. The van der Waals surface area contributed by atoms with Crippen molar-refractivity contribution >= 4 is 11.9 Å². The van der Waals surface area contributed by atoms with E-state index in [4.69, 9.17) is 0 Å². The first-order valence-corrected chi connectivity index (χ1v) is 3.41. The normalized spacial score (nSPS) is 11.9. The molecule has 0 saturated carbocycles. The molecule has 0 spiro atoms. The Kier molecular flexibility index (Phi) is 4.26. The van der Waals surface area contributed by atoms with Crippen LogP contribution in [0.4, 0.5) is 0 Å². The van der Waals surface area contributed by atoms with E-state index in [1.807, 2.05) is 0 Å². The largest absolute Gasteiger partial charge is 0.463 e. The summed E-state index contributed by atoms with van der Waals surface area (Å²) in [7, 11) is 0. The highest BCUT2D eigenvalue weighted by atomic mass is 16.6. The summed E-state index contributed by atoms with van der Waals surface area (Å²) in [6.07, 6.45) is -0.799. The van der Waals surface area contributed by atoms with Crippen LogP contribution in [0.2, 0.25) is 0 Å². The van der Waals surface area contributed by atoms with Crippen LogP contribution < -0.4 is 0 Å². The second-order valence-electron chi connectivity index (χ2n) is 2.00. The number of hydrogen-bond donors (Lipinski definition) is 0. The van der Waals surface area contributed by atoms with Gasteiger partial charge in [-0.3, -0.25) is 4.79 Å². The van der Waals surface area contributed by atoms with E-state index in [1.54, 1.807) is 6.92 Å². The summed E-state index contributed by atoms with van der Waals surface area (Å²) in [6.45, 7) is 4.71. The molecular weight excluding hydrogens is 148 g/mol. The number of carbonyl (C=O) groups excluding carboxylic acids is 2. The van der Waals surface area contributed by atoms with Crippen LogP contribution in [0.25, 0.3) is 0 Å². The maximum atomic E-state index is 10.8. The molecule has 0 aliphatic carbocycles. The Bertz CT molecular complexity index is 153. The fraction of sp³-hybridized carbons (Fsp3) is 0.714. The van der Waals surface area contributed by atoms with Crippen molar-refractivity contribution in [3.63, 3.8) is 0 Å². The molecule has 0 aromatic heterocycles. The quantitative estimate of drug-likeness (QED) is 0.564. The molecule has 64 valence electrons. The van der Waals surface area contributed by atoms with Gasteiger partial charge < -0.3 is 9.47 Å². The first-order chi connectivity index (χ1) is 5.07. The molecule has 0 saturated heterocycles. The van der Waals surface area contributed by atoms with Gasteiger partial charge in [-0.25, -0.2) is 4.79 Å². The lowest BCUT2D eigenvalue weighted by Crippen LogP contribution is -2.25. The van der Waals surface area contributed by atoms with Gasteiger partial charge in [0.15, 0.2) is 6.10 Å². The van der Waals surface area contributed by atoms with Crippen LogP contribution in [-0.2, 0) is 19.1 Å². The first-order valence-electron chi connectivity index (χ1n) is 3.41. The van der Waals surface area contributed by atoms with Crippen LogP contribution in [-0.4, -0.2) is 24.6 Å². The topological polar surface area (TPSA) is 52.6 Å². The highest BCUT2D eigenvalue weighted by Crippen LogP contribution is 1.94. The molecule has 0 heterocycles. The molecule has 11 heavy (non-hydrogen) atoms. The van der Waals surface area contributed by atoms with Gasteiger partial charge in [0.1, 0.15) is 0 Å². The summed E-state index contributed by atoms with van der Waals surface area (Å²) in [4.78, 5) is 21.1. The van der Waals surface area contributed by atoms with Crippen LogP contribution in [0.1, 0.15) is 20.8 Å². The first kappa shape index (κ1) is 9.94.